The summed E-state index contributed by atoms with van der Waals surface area (Å²) < 4.78 is 0. The van der Waals surface area contributed by atoms with E-state index in [1.54, 1.807) is 6.92 Å². The molecular weight excluding hydrogens is 190 g/mol. The van der Waals surface area contributed by atoms with Crippen molar-refractivity contribution in [2.45, 2.75) is 40.5 Å². The summed E-state index contributed by atoms with van der Waals surface area (Å²) in [6.07, 6.45) is 0. The van der Waals surface area contributed by atoms with E-state index in [4.69, 9.17) is 0 Å². The molecule has 0 bridgehead atoms. The molecule has 3 nitrogen and oxygen atoms in total. The molecule has 1 N–H and O–H groups in total. The Morgan fingerprint density at radius 3 is 2.20 bits per heavy atom. The van der Waals surface area contributed by atoms with Crippen molar-refractivity contribution in [2.75, 3.05) is 0 Å². The van der Waals surface area contributed by atoms with Gasteiger partial charge < -0.3 is 4.98 Å². The summed E-state index contributed by atoms with van der Waals surface area (Å²) in [4.78, 5) is 26.5. The predicted molar refractivity (Wildman–Crippen MR) is 60.6 cm³/mol. The Morgan fingerprint density at radius 1 is 1.27 bits per heavy atom. The molecule has 0 radical (unpaired) electrons. The van der Waals surface area contributed by atoms with Crippen molar-refractivity contribution in [2.24, 2.45) is 0 Å². The zero-order valence-electron chi connectivity index (χ0n) is 9.89. The van der Waals surface area contributed by atoms with Crippen LogP contribution in [0.5, 0.6) is 0 Å². The van der Waals surface area contributed by atoms with Gasteiger partial charge in [0.1, 0.15) is 0 Å². The number of H-pyrrole nitrogens is 1. The molecule has 15 heavy (non-hydrogen) atoms. The van der Waals surface area contributed by atoms with Crippen LogP contribution in [0.3, 0.4) is 0 Å². The van der Waals surface area contributed by atoms with E-state index in [0.717, 1.165) is 11.4 Å². The normalized spacial score (nSPS) is 10.8. The van der Waals surface area contributed by atoms with Gasteiger partial charge in [-0.2, -0.15) is 0 Å². The summed E-state index contributed by atoms with van der Waals surface area (Å²) in [5.74, 6) is -0.0149. The lowest BCUT2D eigenvalue weighted by atomic mass is 9.98. The second-order valence-corrected chi connectivity index (χ2v) is 4.20. The van der Waals surface area contributed by atoms with Crippen molar-refractivity contribution in [1.82, 2.24) is 4.98 Å². The minimum atomic E-state index is -0.164. The van der Waals surface area contributed by atoms with E-state index < -0.39 is 0 Å². The number of carbonyl (C=O) groups is 1. The molecule has 0 amide bonds. The van der Waals surface area contributed by atoms with Crippen LogP contribution in [0.2, 0.25) is 0 Å². The number of Topliss-reactive ketones (excluding diaryl/α,β-unsaturated/α-hetero) is 1. The van der Waals surface area contributed by atoms with Crippen LogP contribution in [-0.4, -0.2) is 10.8 Å². The molecule has 0 aromatic carbocycles. The molecule has 0 aliphatic heterocycles. The maximum absolute atomic E-state index is 11.9. The lowest BCUT2D eigenvalue weighted by Crippen LogP contribution is -2.22. The monoisotopic (exact) mass is 207 g/mol. The highest BCUT2D eigenvalue weighted by molar-refractivity contribution is 5.95. The van der Waals surface area contributed by atoms with Gasteiger partial charge in [-0.1, -0.05) is 13.8 Å². The third kappa shape index (κ3) is 2.01. The van der Waals surface area contributed by atoms with E-state index in [2.05, 4.69) is 4.98 Å². The van der Waals surface area contributed by atoms with E-state index in [0.29, 0.717) is 11.1 Å². The smallest absolute Gasteiger partial charge is 0.195 e. The Bertz CT molecular complexity index is 455. The van der Waals surface area contributed by atoms with Crippen molar-refractivity contribution < 1.29 is 4.79 Å². The highest BCUT2D eigenvalue weighted by atomic mass is 16.1. The van der Waals surface area contributed by atoms with Crippen molar-refractivity contribution in [3.05, 3.63) is 32.7 Å². The average Bonchev–Trinajstić information content (AvgIpc) is 2.12. The first-order chi connectivity index (χ1) is 6.86. The fourth-order valence-electron chi connectivity index (χ4n) is 1.62. The summed E-state index contributed by atoms with van der Waals surface area (Å²) in [5, 5.41) is 0. The molecule has 1 heterocycles. The molecule has 0 atom stereocenters. The summed E-state index contributed by atoms with van der Waals surface area (Å²) in [7, 11) is 0. The van der Waals surface area contributed by atoms with E-state index in [-0.39, 0.29) is 17.1 Å². The van der Waals surface area contributed by atoms with Gasteiger partial charge in [-0.25, -0.2) is 0 Å². The van der Waals surface area contributed by atoms with Crippen LogP contribution >= 0.6 is 0 Å². The van der Waals surface area contributed by atoms with Crippen LogP contribution in [0.1, 0.15) is 54.0 Å². The third-order valence-electron chi connectivity index (χ3n) is 2.65. The molecule has 0 spiro atoms. The first kappa shape index (κ1) is 11.7. The number of hydrogen-bond acceptors (Lipinski definition) is 2. The first-order valence-corrected chi connectivity index (χ1v) is 5.10. The zero-order valence-corrected chi connectivity index (χ0v) is 9.89. The molecule has 0 fully saturated rings. The summed E-state index contributed by atoms with van der Waals surface area (Å²) in [6, 6.07) is 0. The highest BCUT2D eigenvalue weighted by Crippen LogP contribution is 2.16. The van der Waals surface area contributed by atoms with E-state index in [1.165, 1.54) is 6.92 Å². The van der Waals surface area contributed by atoms with E-state index in [9.17, 15) is 9.59 Å². The molecule has 0 unspecified atom stereocenters. The van der Waals surface area contributed by atoms with Gasteiger partial charge in [0, 0.05) is 17.0 Å². The minimum absolute atomic E-state index is 0.137. The molecule has 1 aromatic heterocycles. The van der Waals surface area contributed by atoms with Gasteiger partial charge in [0.15, 0.2) is 11.2 Å². The molecular formula is C12H17NO2. The van der Waals surface area contributed by atoms with E-state index in [1.807, 2.05) is 20.8 Å². The first-order valence-electron chi connectivity index (χ1n) is 5.10. The number of aryl methyl sites for hydroxylation is 1. The third-order valence-corrected chi connectivity index (χ3v) is 2.65. The summed E-state index contributed by atoms with van der Waals surface area (Å²) in [5.41, 5.74) is 2.39. The van der Waals surface area contributed by atoms with Gasteiger partial charge >= 0.3 is 0 Å². The van der Waals surface area contributed by atoms with Crippen molar-refractivity contribution in [3.8, 4) is 0 Å². The lowest BCUT2D eigenvalue weighted by Gasteiger charge is -2.13. The molecule has 0 aliphatic carbocycles. The van der Waals surface area contributed by atoms with Gasteiger partial charge in [0.05, 0.1) is 5.56 Å². The largest absolute Gasteiger partial charge is 0.361 e. The second-order valence-electron chi connectivity index (χ2n) is 4.20. The summed E-state index contributed by atoms with van der Waals surface area (Å²) in [6.45, 7) is 8.96. The number of nitrogens with one attached hydrogen (secondary N) is 1. The standard InChI is InChI=1S/C12H17NO2/c1-6(2)11-10(9(5)14)12(15)7(3)8(4)13-11/h6H,1-5H3,(H,13,15). The molecule has 0 saturated carbocycles. The van der Waals surface area contributed by atoms with Crippen LogP contribution in [-0.2, 0) is 0 Å². The predicted octanol–water partition coefficient (Wildman–Crippen LogP) is 2.32. The number of rotatable bonds is 2. The van der Waals surface area contributed by atoms with Gasteiger partial charge in [-0.3, -0.25) is 9.59 Å². The van der Waals surface area contributed by atoms with Gasteiger partial charge in [-0.15, -0.1) is 0 Å². The van der Waals surface area contributed by atoms with Crippen LogP contribution in [0.25, 0.3) is 0 Å². The zero-order chi connectivity index (χ0) is 11.7. The molecule has 82 valence electrons. The fourth-order valence-corrected chi connectivity index (χ4v) is 1.62. The lowest BCUT2D eigenvalue weighted by molar-refractivity contribution is 0.101. The van der Waals surface area contributed by atoms with Crippen LogP contribution in [0, 0.1) is 13.8 Å². The number of hydrogen-bond donors (Lipinski definition) is 1. The summed E-state index contributed by atoms with van der Waals surface area (Å²) >= 11 is 0. The van der Waals surface area contributed by atoms with Gasteiger partial charge in [0.2, 0.25) is 0 Å². The molecule has 0 saturated heterocycles. The SMILES string of the molecule is CC(=O)c1c(C(C)C)[nH]c(C)c(C)c1=O. The number of aromatic amines is 1. The Balaban J connectivity index is 3.66. The maximum Gasteiger partial charge on any atom is 0.195 e. The van der Waals surface area contributed by atoms with Crippen molar-refractivity contribution in [3.63, 3.8) is 0 Å². The van der Waals surface area contributed by atoms with Crippen LogP contribution < -0.4 is 5.43 Å². The van der Waals surface area contributed by atoms with Crippen molar-refractivity contribution in [1.29, 1.82) is 0 Å². The minimum Gasteiger partial charge on any atom is -0.361 e. The number of ketones is 1. The Labute approximate surface area is 89.5 Å². The fraction of sp³-hybridized carbons (Fsp3) is 0.500. The van der Waals surface area contributed by atoms with Crippen LogP contribution in [0.15, 0.2) is 4.79 Å². The number of carbonyl (C=O) groups excluding carboxylic acids is 1. The number of pyridine rings is 1. The van der Waals surface area contributed by atoms with Crippen LogP contribution in [0.4, 0.5) is 0 Å². The molecule has 0 aliphatic rings. The van der Waals surface area contributed by atoms with Crippen molar-refractivity contribution >= 4 is 5.78 Å². The highest BCUT2D eigenvalue weighted by Gasteiger charge is 2.17. The Morgan fingerprint density at radius 2 is 1.80 bits per heavy atom. The van der Waals surface area contributed by atoms with E-state index >= 15 is 0 Å². The van der Waals surface area contributed by atoms with Gasteiger partial charge in [0.25, 0.3) is 0 Å². The topological polar surface area (TPSA) is 49.9 Å². The molecule has 3 heteroatoms. The van der Waals surface area contributed by atoms with Gasteiger partial charge in [-0.05, 0) is 26.7 Å². The Kier molecular flexibility index (Phi) is 3.12. The second kappa shape index (κ2) is 4.01. The average molecular weight is 207 g/mol. The molecule has 1 rings (SSSR count). The Hall–Kier alpha value is -1.38. The quantitative estimate of drug-likeness (QED) is 0.756. The molecule has 1 aromatic rings. The number of aromatic nitrogens is 1. The maximum atomic E-state index is 11.9.